The van der Waals surface area contributed by atoms with Crippen molar-refractivity contribution in [2.24, 2.45) is 0 Å². The lowest BCUT2D eigenvalue weighted by atomic mass is 10.0. The maximum atomic E-state index is 12.1. The van der Waals surface area contributed by atoms with Gasteiger partial charge in [-0.05, 0) is 12.5 Å². The Kier molecular flexibility index (Phi) is 5.87. The first-order valence-electron chi connectivity index (χ1n) is 6.22. The van der Waals surface area contributed by atoms with Crippen LogP contribution >= 0.6 is 0 Å². The molecule has 0 saturated heterocycles. The largest absolute Gasteiger partial charge is 0.496 e. The Balaban J connectivity index is 2.92. The van der Waals surface area contributed by atoms with Crippen molar-refractivity contribution in [1.82, 2.24) is 0 Å². The molecule has 0 unspecified atom stereocenters. The minimum atomic E-state index is -4.26. The maximum absolute atomic E-state index is 12.1. The van der Waals surface area contributed by atoms with E-state index in [4.69, 9.17) is 14.2 Å². The summed E-state index contributed by atoms with van der Waals surface area (Å²) < 4.78 is 51.5. The predicted octanol–water partition coefficient (Wildman–Crippen LogP) is 3.63. The third-order valence-corrected chi connectivity index (χ3v) is 2.87. The summed E-state index contributed by atoms with van der Waals surface area (Å²) in [6.07, 6.45) is -5.73. The van der Waals surface area contributed by atoms with Gasteiger partial charge < -0.3 is 14.2 Å². The average molecular weight is 306 g/mol. The highest BCUT2D eigenvalue weighted by Crippen LogP contribution is 2.35. The monoisotopic (exact) mass is 306 g/mol. The fourth-order valence-electron chi connectivity index (χ4n) is 1.83. The number of ketones is 1. The molecule has 1 aromatic rings. The second-order valence-electron chi connectivity index (χ2n) is 4.30. The third-order valence-electron chi connectivity index (χ3n) is 2.87. The van der Waals surface area contributed by atoms with E-state index >= 15 is 0 Å². The topological polar surface area (TPSA) is 44.8 Å². The lowest BCUT2D eigenvalue weighted by Crippen LogP contribution is -2.09. The molecule has 4 nitrogen and oxygen atoms in total. The molecule has 0 N–H and O–H groups in total. The Labute approximate surface area is 120 Å². The van der Waals surface area contributed by atoms with Crippen molar-refractivity contribution in [2.45, 2.75) is 25.4 Å². The molecule has 0 atom stereocenters. The van der Waals surface area contributed by atoms with Gasteiger partial charge in [0.2, 0.25) is 0 Å². The molecule has 0 radical (unpaired) electrons. The smallest absolute Gasteiger partial charge is 0.389 e. The number of Topliss-reactive ketones (excluding diaryl/α,β-unsaturated/α-hetero) is 1. The summed E-state index contributed by atoms with van der Waals surface area (Å²) in [5.41, 5.74) is 0.178. The van der Waals surface area contributed by atoms with E-state index < -0.39 is 18.4 Å². The molecule has 0 aliphatic heterocycles. The molecule has 0 spiro atoms. The summed E-state index contributed by atoms with van der Waals surface area (Å²) in [7, 11) is 4.21. The van der Waals surface area contributed by atoms with E-state index in [1.54, 1.807) is 0 Å². The van der Waals surface area contributed by atoms with Crippen LogP contribution in [-0.2, 0) is 0 Å². The van der Waals surface area contributed by atoms with E-state index in [0.29, 0.717) is 11.5 Å². The molecule has 7 heteroatoms. The van der Waals surface area contributed by atoms with Gasteiger partial charge in [-0.25, -0.2) is 0 Å². The van der Waals surface area contributed by atoms with Crippen molar-refractivity contribution < 1.29 is 32.2 Å². The number of benzene rings is 1. The second kappa shape index (κ2) is 7.19. The number of halogens is 3. The van der Waals surface area contributed by atoms with Crippen LogP contribution in [0.15, 0.2) is 12.1 Å². The van der Waals surface area contributed by atoms with E-state index in [2.05, 4.69) is 0 Å². The first kappa shape index (κ1) is 17.1. The van der Waals surface area contributed by atoms with Gasteiger partial charge in [0.1, 0.15) is 5.75 Å². The van der Waals surface area contributed by atoms with Gasteiger partial charge in [-0.3, -0.25) is 4.79 Å². The fourth-order valence-corrected chi connectivity index (χ4v) is 1.83. The van der Waals surface area contributed by atoms with Crippen LogP contribution in [0.25, 0.3) is 0 Å². The molecule has 1 rings (SSSR count). The lowest BCUT2D eigenvalue weighted by molar-refractivity contribution is -0.135. The Bertz CT molecular complexity index is 498. The molecule has 0 aromatic heterocycles. The standard InChI is InChI=1S/C14H17F3O4/c1-19-11-8-13(21-3)12(20-2)7-9(11)10(18)5-4-6-14(15,16)17/h7-8H,4-6H2,1-3H3. The zero-order chi connectivity index (χ0) is 16.0. The summed E-state index contributed by atoms with van der Waals surface area (Å²) in [4.78, 5) is 12.0. The predicted molar refractivity (Wildman–Crippen MR) is 70.3 cm³/mol. The SMILES string of the molecule is COc1cc(OC)c(C(=O)CCCC(F)(F)F)cc1OC. The van der Waals surface area contributed by atoms with Crippen LogP contribution < -0.4 is 14.2 Å². The molecule has 0 aliphatic rings. The van der Waals surface area contributed by atoms with Gasteiger partial charge in [0.15, 0.2) is 17.3 Å². The van der Waals surface area contributed by atoms with Crippen molar-refractivity contribution in [2.75, 3.05) is 21.3 Å². The van der Waals surface area contributed by atoms with Crippen LogP contribution in [0.5, 0.6) is 17.2 Å². The number of alkyl halides is 3. The normalized spacial score (nSPS) is 11.1. The van der Waals surface area contributed by atoms with E-state index in [1.165, 1.54) is 33.5 Å². The zero-order valence-electron chi connectivity index (χ0n) is 12.0. The Morgan fingerprint density at radius 1 is 1.00 bits per heavy atom. The lowest BCUT2D eigenvalue weighted by Gasteiger charge is -2.13. The van der Waals surface area contributed by atoms with Crippen molar-refractivity contribution in [3.8, 4) is 17.2 Å². The van der Waals surface area contributed by atoms with Gasteiger partial charge in [-0.15, -0.1) is 0 Å². The first-order chi connectivity index (χ1) is 9.82. The highest BCUT2D eigenvalue weighted by molar-refractivity contribution is 5.99. The molecule has 0 bridgehead atoms. The molecular weight excluding hydrogens is 289 g/mol. The van der Waals surface area contributed by atoms with E-state index in [9.17, 15) is 18.0 Å². The Morgan fingerprint density at radius 2 is 1.52 bits per heavy atom. The third kappa shape index (κ3) is 4.84. The van der Waals surface area contributed by atoms with Crippen LogP contribution in [0.4, 0.5) is 13.2 Å². The number of rotatable bonds is 7. The quantitative estimate of drug-likeness (QED) is 0.722. The number of carbonyl (C=O) groups is 1. The van der Waals surface area contributed by atoms with Crippen LogP contribution in [0, 0.1) is 0 Å². The average Bonchev–Trinajstić information content (AvgIpc) is 2.44. The van der Waals surface area contributed by atoms with E-state index in [-0.39, 0.29) is 24.2 Å². The van der Waals surface area contributed by atoms with Crippen molar-refractivity contribution in [3.05, 3.63) is 17.7 Å². The maximum Gasteiger partial charge on any atom is 0.389 e. The van der Waals surface area contributed by atoms with Crippen LogP contribution in [0.3, 0.4) is 0 Å². The summed E-state index contributed by atoms with van der Waals surface area (Å²) >= 11 is 0. The molecule has 21 heavy (non-hydrogen) atoms. The molecule has 0 heterocycles. The molecular formula is C14H17F3O4. The number of hydrogen-bond acceptors (Lipinski definition) is 4. The highest BCUT2D eigenvalue weighted by Gasteiger charge is 2.27. The fraction of sp³-hybridized carbons (Fsp3) is 0.500. The molecule has 0 fully saturated rings. The minimum Gasteiger partial charge on any atom is -0.496 e. The zero-order valence-corrected chi connectivity index (χ0v) is 12.0. The molecule has 0 aliphatic carbocycles. The van der Waals surface area contributed by atoms with Crippen LogP contribution in [-0.4, -0.2) is 33.3 Å². The van der Waals surface area contributed by atoms with Gasteiger partial charge in [-0.2, -0.15) is 13.2 Å². The van der Waals surface area contributed by atoms with Crippen LogP contribution in [0.2, 0.25) is 0 Å². The summed E-state index contributed by atoms with van der Waals surface area (Å²) in [5, 5.41) is 0. The summed E-state index contributed by atoms with van der Waals surface area (Å²) in [6.45, 7) is 0. The van der Waals surface area contributed by atoms with Crippen molar-refractivity contribution in [3.63, 3.8) is 0 Å². The number of methoxy groups -OCH3 is 3. The van der Waals surface area contributed by atoms with E-state index in [1.807, 2.05) is 0 Å². The second-order valence-corrected chi connectivity index (χ2v) is 4.30. The number of ether oxygens (including phenoxy) is 3. The molecule has 118 valence electrons. The minimum absolute atomic E-state index is 0.178. The molecule has 1 aromatic carbocycles. The Hall–Kier alpha value is -1.92. The van der Waals surface area contributed by atoms with Crippen molar-refractivity contribution in [1.29, 1.82) is 0 Å². The molecule has 0 amide bonds. The molecule has 0 saturated carbocycles. The van der Waals surface area contributed by atoms with Crippen LogP contribution in [0.1, 0.15) is 29.6 Å². The highest BCUT2D eigenvalue weighted by atomic mass is 19.4. The number of hydrogen-bond donors (Lipinski definition) is 0. The Morgan fingerprint density at radius 3 is 2.00 bits per heavy atom. The first-order valence-corrected chi connectivity index (χ1v) is 6.22. The van der Waals surface area contributed by atoms with Gasteiger partial charge in [-0.1, -0.05) is 0 Å². The van der Waals surface area contributed by atoms with Gasteiger partial charge in [0, 0.05) is 18.9 Å². The summed E-state index contributed by atoms with van der Waals surface area (Å²) in [6, 6.07) is 2.88. The summed E-state index contributed by atoms with van der Waals surface area (Å²) in [5.74, 6) is 0.500. The van der Waals surface area contributed by atoms with Gasteiger partial charge in [0.25, 0.3) is 0 Å². The van der Waals surface area contributed by atoms with E-state index in [0.717, 1.165) is 0 Å². The van der Waals surface area contributed by atoms with Gasteiger partial charge in [0.05, 0.1) is 26.9 Å². The van der Waals surface area contributed by atoms with Crippen molar-refractivity contribution >= 4 is 5.78 Å². The van der Waals surface area contributed by atoms with Gasteiger partial charge >= 0.3 is 6.18 Å². The number of carbonyl (C=O) groups excluding carboxylic acids is 1.